The fourth-order valence-corrected chi connectivity index (χ4v) is 4.27. The van der Waals surface area contributed by atoms with Crippen molar-refractivity contribution in [1.82, 2.24) is 4.90 Å². The molecule has 3 rings (SSSR count). The molecule has 0 radical (unpaired) electrons. The summed E-state index contributed by atoms with van der Waals surface area (Å²) in [5.74, 6) is -0.860. The Hall–Kier alpha value is -2.37. The first-order valence-corrected chi connectivity index (χ1v) is 9.92. The number of carboxylic acids is 1. The van der Waals surface area contributed by atoms with Crippen LogP contribution >= 0.6 is 0 Å². The number of piperidine rings is 1. The number of carbonyl (C=O) groups excluding carboxylic acids is 2. The number of carbonyl (C=O) groups is 3. The molecule has 1 aromatic rings. The van der Waals surface area contributed by atoms with Crippen LogP contribution < -0.4 is 5.32 Å². The van der Waals surface area contributed by atoms with Crippen LogP contribution in [0.4, 0.5) is 5.69 Å². The van der Waals surface area contributed by atoms with Crippen molar-refractivity contribution >= 4 is 23.5 Å². The average molecular weight is 372 g/mol. The predicted octanol–water partition coefficient (Wildman–Crippen LogP) is 3.53. The molecular formula is C21H28N2O4. The molecule has 1 aromatic carbocycles. The zero-order valence-electron chi connectivity index (χ0n) is 15.8. The molecule has 0 bridgehead atoms. The van der Waals surface area contributed by atoms with E-state index in [4.69, 9.17) is 0 Å². The third-order valence-electron chi connectivity index (χ3n) is 5.87. The molecule has 3 atom stereocenters. The van der Waals surface area contributed by atoms with Gasteiger partial charge in [0.25, 0.3) is 5.91 Å². The van der Waals surface area contributed by atoms with Gasteiger partial charge in [0.15, 0.2) is 0 Å². The standard InChI is InChI=1S/C21H28N2O4/c1-14-7-2-3-10-17(14)19(24)22-16-9-6-8-15(13-16)20(25)23-12-5-4-11-18(23)21(26)27/h6,8-9,13-14,17-18H,2-5,7,10-12H2,1H3,(H,22,24)(H,26,27). The quantitative estimate of drug-likeness (QED) is 0.846. The monoisotopic (exact) mass is 372 g/mol. The first-order valence-electron chi connectivity index (χ1n) is 9.92. The van der Waals surface area contributed by atoms with Gasteiger partial charge in [-0.15, -0.1) is 0 Å². The lowest BCUT2D eigenvalue weighted by Crippen LogP contribution is -2.48. The second-order valence-electron chi connectivity index (χ2n) is 7.79. The molecule has 2 aliphatic rings. The number of nitrogens with zero attached hydrogens (tertiary/aromatic N) is 1. The van der Waals surface area contributed by atoms with Crippen molar-refractivity contribution < 1.29 is 19.5 Å². The van der Waals surface area contributed by atoms with Crippen LogP contribution in [0.5, 0.6) is 0 Å². The molecule has 2 N–H and O–H groups in total. The number of hydrogen-bond acceptors (Lipinski definition) is 3. The van der Waals surface area contributed by atoms with E-state index in [1.165, 1.54) is 11.3 Å². The maximum Gasteiger partial charge on any atom is 0.326 e. The molecule has 1 saturated carbocycles. The first-order chi connectivity index (χ1) is 13.0. The SMILES string of the molecule is CC1CCCCC1C(=O)Nc1cccc(C(=O)N2CCCCC2C(=O)O)c1. The van der Waals surface area contributed by atoms with E-state index in [0.29, 0.717) is 30.1 Å². The molecule has 27 heavy (non-hydrogen) atoms. The molecular weight excluding hydrogens is 344 g/mol. The summed E-state index contributed by atoms with van der Waals surface area (Å²) in [6.45, 7) is 2.57. The molecule has 2 fully saturated rings. The average Bonchev–Trinajstić information content (AvgIpc) is 2.68. The number of carboxylic acid groups (broad SMARTS) is 1. The van der Waals surface area contributed by atoms with Crippen LogP contribution in [0.2, 0.25) is 0 Å². The maximum atomic E-state index is 12.9. The Bertz CT molecular complexity index is 718. The summed E-state index contributed by atoms with van der Waals surface area (Å²) < 4.78 is 0. The second-order valence-corrected chi connectivity index (χ2v) is 7.79. The van der Waals surface area contributed by atoms with E-state index >= 15 is 0 Å². The van der Waals surface area contributed by atoms with Gasteiger partial charge in [0, 0.05) is 23.7 Å². The van der Waals surface area contributed by atoms with Crippen LogP contribution in [-0.4, -0.2) is 40.4 Å². The van der Waals surface area contributed by atoms with E-state index in [1.54, 1.807) is 24.3 Å². The van der Waals surface area contributed by atoms with Crippen LogP contribution in [0.25, 0.3) is 0 Å². The minimum absolute atomic E-state index is 0.00758. The van der Waals surface area contributed by atoms with Crippen LogP contribution in [0, 0.1) is 11.8 Å². The fraction of sp³-hybridized carbons (Fsp3) is 0.571. The van der Waals surface area contributed by atoms with E-state index in [0.717, 1.165) is 32.1 Å². The molecule has 1 heterocycles. The molecule has 6 heteroatoms. The van der Waals surface area contributed by atoms with Gasteiger partial charge in [-0.25, -0.2) is 4.79 Å². The minimum Gasteiger partial charge on any atom is -0.480 e. The van der Waals surface area contributed by atoms with Crippen molar-refractivity contribution in [3.8, 4) is 0 Å². The van der Waals surface area contributed by atoms with Crippen molar-refractivity contribution in [3.63, 3.8) is 0 Å². The van der Waals surface area contributed by atoms with Crippen molar-refractivity contribution in [2.75, 3.05) is 11.9 Å². The zero-order chi connectivity index (χ0) is 19.4. The molecule has 2 amide bonds. The van der Waals surface area contributed by atoms with Crippen molar-refractivity contribution in [3.05, 3.63) is 29.8 Å². The van der Waals surface area contributed by atoms with Crippen molar-refractivity contribution in [1.29, 1.82) is 0 Å². The van der Waals surface area contributed by atoms with Gasteiger partial charge in [-0.1, -0.05) is 25.8 Å². The zero-order valence-corrected chi connectivity index (χ0v) is 15.8. The maximum absolute atomic E-state index is 12.9. The summed E-state index contributed by atoms with van der Waals surface area (Å²) in [5, 5.41) is 12.3. The fourth-order valence-electron chi connectivity index (χ4n) is 4.27. The Labute approximate surface area is 159 Å². The molecule has 0 aromatic heterocycles. The predicted molar refractivity (Wildman–Crippen MR) is 103 cm³/mol. The Morgan fingerprint density at radius 1 is 1.07 bits per heavy atom. The minimum atomic E-state index is -0.959. The highest BCUT2D eigenvalue weighted by Crippen LogP contribution is 2.30. The third-order valence-corrected chi connectivity index (χ3v) is 5.87. The first kappa shape index (κ1) is 19.4. The summed E-state index contributed by atoms with van der Waals surface area (Å²) in [6.07, 6.45) is 6.34. The van der Waals surface area contributed by atoms with Crippen molar-refractivity contribution in [2.24, 2.45) is 11.8 Å². The molecule has 146 valence electrons. The van der Waals surface area contributed by atoms with Crippen LogP contribution in [-0.2, 0) is 9.59 Å². The largest absolute Gasteiger partial charge is 0.480 e. The van der Waals surface area contributed by atoms with Gasteiger partial charge in [-0.05, 0) is 56.2 Å². The number of amides is 2. The highest BCUT2D eigenvalue weighted by molar-refractivity contribution is 5.99. The highest BCUT2D eigenvalue weighted by atomic mass is 16.4. The number of rotatable bonds is 4. The van der Waals surface area contributed by atoms with Gasteiger partial charge < -0.3 is 15.3 Å². The number of anilines is 1. The number of aliphatic carboxylic acids is 1. The summed E-state index contributed by atoms with van der Waals surface area (Å²) >= 11 is 0. The van der Waals surface area contributed by atoms with Gasteiger partial charge in [-0.2, -0.15) is 0 Å². The summed E-state index contributed by atoms with van der Waals surface area (Å²) in [5.41, 5.74) is 1.00. The van der Waals surface area contributed by atoms with Gasteiger partial charge in [-0.3, -0.25) is 9.59 Å². The molecule has 1 aliphatic carbocycles. The number of likely N-dealkylation sites (tertiary alicyclic amines) is 1. The van der Waals surface area contributed by atoms with Gasteiger partial charge in [0.2, 0.25) is 5.91 Å². The van der Waals surface area contributed by atoms with Gasteiger partial charge in [0.05, 0.1) is 0 Å². The van der Waals surface area contributed by atoms with E-state index in [-0.39, 0.29) is 17.7 Å². The third kappa shape index (κ3) is 4.49. The molecule has 0 spiro atoms. The topological polar surface area (TPSA) is 86.7 Å². The summed E-state index contributed by atoms with van der Waals surface area (Å²) in [4.78, 5) is 38.4. The van der Waals surface area contributed by atoms with Crippen LogP contribution in [0.3, 0.4) is 0 Å². The lowest BCUT2D eigenvalue weighted by Gasteiger charge is -2.33. The van der Waals surface area contributed by atoms with Gasteiger partial charge in [0.1, 0.15) is 6.04 Å². The normalized spacial score (nSPS) is 25.7. The lowest BCUT2D eigenvalue weighted by molar-refractivity contribution is -0.143. The van der Waals surface area contributed by atoms with E-state index in [1.807, 2.05) is 0 Å². The molecule has 1 saturated heterocycles. The second kappa shape index (κ2) is 8.55. The lowest BCUT2D eigenvalue weighted by atomic mass is 9.80. The Balaban J connectivity index is 1.72. The summed E-state index contributed by atoms with van der Waals surface area (Å²) in [7, 11) is 0. The van der Waals surface area contributed by atoms with Gasteiger partial charge >= 0.3 is 5.97 Å². The van der Waals surface area contributed by atoms with E-state index in [9.17, 15) is 19.5 Å². The smallest absolute Gasteiger partial charge is 0.326 e. The number of nitrogens with one attached hydrogen (secondary N) is 1. The Morgan fingerprint density at radius 2 is 1.81 bits per heavy atom. The van der Waals surface area contributed by atoms with Crippen LogP contribution in [0.15, 0.2) is 24.3 Å². The van der Waals surface area contributed by atoms with E-state index in [2.05, 4.69) is 12.2 Å². The Kier molecular flexibility index (Phi) is 6.14. The molecule has 3 unspecified atom stereocenters. The van der Waals surface area contributed by atoms with Crippen molar-refractivity contribution in [2.45, 2.75) is 57.9 Å². The number of benzene rings is 1. The van der Waals surface area contributed by atoms with Crippen LogP contribution in [0.1, 0.15) is 62.2 Å². The highest BCUT2D eigenvalue weighted by Gasteiger charge is 2.32. The van der Waals surface area contributed by atoms with E-state index < -0.39 is 12.0 Å². The molecule has 6 nitrogen and oxygen atoms in total. The Morgan fingerprint density at radius 3 is 2.56 bits per heavy atom. The number of hydrogen-bond donors (Lipinski definition) is 2. The summed E-state index contributed by atoms with van der Waals surface area (Å²) in [6, 6.07) is 6.06. The molecule has 1 aliphatic heterocycles.